The number of amides is 1. The first-order valence-electron chi connectivity index (χ1n) is 10.4. The summed E-state index contributed by atoms with van der Waals surface area (Å²) in [7, 11) is 1.59. The average molecular weight is 461 g/mol. The Bertz CT molecular complexity index is 1240. The lowest BCUT2D eigenvalue weighted by atomic mass is 9.94. The molecule has 1 aliphatic heterocycles. The number of hydrogen-bond donors (Lipinski definition) is 1. The fraction of sp³-hybridized carbons (Fsp3) is 0.192. The van der Waals surface area contributed by atoms with E-state index >= 15 is 0 Å². The Morgan fingerprint density at radius 2 is 1.73 bits per heavy atom. The van der Waals surface area contributed by atoms with Crippen LogP contribution in [0.4, 0.5) is 0 Å². The van der Waals surface area contributed by atoms with E-state index in [1.54, 1.807) is 55.6 Å². The zero-order chi connectivity index (χ0) is 23.5. The molecule has 6 nitrogen and oxygen atoms in total. The van der Waals surface area contributed by atoms with Crippen molar-refractivity contribution < 1.29 is 19.4 Å². The third-order valence-corrected chi connectivity index (χ3v) is 6.30. The summed E-state index contributed by atoms with van der Waals surface area (Å²) in [6.45, 7) is 0. The summed E-state index contributed by atoms with van der Waals surface area (Å²) in [6, 6.07) is 21.6. The number of carboxylic acid groups (broad SMARTS) is 1. The van der Waals surface area contributed by atoms with Crippen molar-refractivity contribution in [3.63, 3.8) is 0 Å². The summed E-state index contributed by atoms with van der Waals surface area (Å²) in [5.41, 5.74) is 2.63. The van der Waals surface area contributed by atoms with E-state index in [9.17, 15) is 20.0 Å². The molecule has 1 N–H and O–H groups in total. The predicted molar refractivity (Wildman–Crippen MR) is 124 cm³/mol. The Morgan fingerprint density at radius 3 is 2.36 bits per heavy atom. The molecule has 1 amide bonds. The number of methoxy groups -OCH3 is 1. The highest BCUT2D eigenvalue weighted by molar-refractivity contribution is 6.31. The van der Waals surface area contributed by atoms with Crippen LogP contribution in [0.25, 0.3) is 11.1 Å². The largest absolute Gasteiger partial charge is 0.496 e. The van der Waals surface area contributed by atoms with Crippen molar-refractivity contribution >= 4 is 23.5 Å². The minimum absolute atomic E-state index is 0.0345. The molecule has 7 heteroatoms. The predicted octanol–water partition coefficient (Wildman–Crippen LogP) is 5.20. The zero-order valence-corrected chi connectivity index (χ0v) is 18.6. The van der Waals surface area contributed by atoms with Crippen LogP contribution < -0.4 is 4.74 Å². The molecule has 1 fully saturated rings. The third kappa shape index (κ3) is 4.15. The Labute approximate surface area is 196 Å². The molecule has 0 aliphatic carbocycles. The molecule has 0 saturated carbocycles. The van der Waals surface area contributed by atoms with Crippen molar-refractivity contribution in [2.24, 2.45) is 5.92 Å². The first-order chi connectivity index (χ1) is 16.0. The molecule has 0 bridgehead atoms. The maximum absolute atomic E-state index is 13.6. The van der Waals surface area contributed by atoms with Crippen LogP contribution in [0.2, 0.25) is 5.02 Å². The smallest absolute Gasteiger partial charge is 0.326 e. The maximum atomic E-state index is 13.6. The second-order valence-corrected chi connectivity index (χ2v) is 8.19. The van der Waals surface area contributed by atoms with Crippen LogP contribution in [0.1, 0.15) is 28.4 Å². The molecule has 1 heterocycles. The number of rotatable bonds is 5. The van der Waals surface area contributed by atoms with Crippen LogP contribution in [-0.2, 0) is 4.79 Å². The fourth-order valence-corrected chi connectivity index (χ4v) is 4.64. The van der Waals surface area contributed by atoms with Gasteiger partial charge in [0.05, 0.1) is 25.1 Å². The number of benzene rings is 3. The van der Waals surface area contributed by atoms with E-state index in [4.69, 9.17) is 16.3 Å². The number of aliphatic carboxylic acids is 1. The van der Waals surface area contributed by atoms with Crippen LogP contribution >= 0.6 is 11.6 Å². The van der Waals surface area contributed by atoms with Gasteiger partial charge in [-0.3, -0.25) is 4.79 Å². The molecule has 3 aromatic rings. The number of ether oxygens (including phenoxy) is 1. The Kier molecular flexibility index (Phi) is 6.34. The number of nitriles is 1. The van der Waals surface area contributed by atoms with Gasteiger partial charge in [-0.05, 0) is 41.8 Å². The molecule has 0 aromatic heterocycles. The quantitative estimate of drug-likeness (QED) is 0.565. The number of nitrogens with zero attached hydrogens (tertiary/aromatic N) is 2. The lowest BCUT2D eigenvalue weighted by Gasteiger charge is -2.30. The molecule has 0 spiro atoms. The third-order valence-electron chi connectivity index (χ3n) is 5.95. The summed E-state index contributed by atoms with van der Waals surface area (Å²) in [5.74, 6) is -1.60. The molecule has 1 saturated heterocycles. The molecule has 33 heavy (non-hydrogen) atoms. The summed E-state index contributed by atoms with van der Waals surface area (Å²) in [4.78, 5) is 26.9. The van der Waals surface area contributed by atoms with E-state index < -0.39 is 29.9 Å². The van der Waals surface area contributed by atoms with Crippen molar-refractivity contribution in [3.05, 3.63) is 88.9 Å². The molecular formula is C26H21ClN2O4. The standard InChI is InChI=1S/C26H21ClN2O4/c1-33-23-9-5-3-6-19(23)16-10-12-17(13-11-16)25(30)29-22(26(31)32)14-18(15-28)24(29)20-7-2-4-8-21(20)27/h2-13,18,22,24H,14H2,1H3,(H,31,32)/t18?,22-,24+/m0/s1. The molecule has 1 aliphatic rings. The molecule has 3 aromatic carbocycles. The summed E-state index contributed by atoms with van der Waals surface area (Å²) < 4.78 is 5.41. The van der Waals surface area contributed by atoms with Gasteiger partial charge >= 0.3 is 5.97 Å². The SMILES string of the molecule is COc1ccccc1-c1ccc(C(=O)N2[C@H](C(=O)O)CC(C#N)[C@@H]2c2ccccc2Cl)cc1. The fourth-order valence-electron chi connectivity index (χ4n) is 4.39. The van der Waals surface area contributed by atoms with Crippen LogP contribution in [0.5, 0.6) is 5.75 Å². The monoisotopic (exact) mass is 460 g/mol. The Hall–Kier alpha value is -3.82. The molecule has 166 valence electrons. The molecule has 3 atom stereocenters. The number of carboxylic acids is 1. The van der Waals surface area contributed by atoms with Gasteiger partial charge in [0.15, 0.2) is 0 Å². The van der Waals surface area contributed by atoms with Gasteiger partial charge in [-0.25, -0.2) is 4.79 Å². The normalized spacial score (nSPS) is 19.7. The number of para-hydroxylation sites is 1. The number of likely N-dealkylation sites (tertiary alicyclic amines) is 1. The summed E-state index contributed by atoms with van der Waals surface area (Å²) in [5, 5.41) is 19.9. The van der Waals surface area contributed by atoms with Crippen molar-refractivity contribution in [1.29, 1.82) is 5.26 Å². The number of carbonyl (C=O) groups excluding carboxylic acids is 1. The van der Waals surface area contributed by atoms with Gasteiger partial charge in [-0.15, -0.1) is 0 Å². The molecule has 0 radical (unpaired) electrons. The van der Waals surface area contributed by atoms with E-state index in [1.165, 1.54) is 4.90 Å². The number of carbonyl (C=O) groups is 2. The van der Waals surface area contributed by atoms with Crippen molar-refractivity contribution in [2.45, 2.75) is 18.5 Å². The van der Waals surface area contributed by atoms with Crippen LogP contribution in [0.3, 0.4) is 0 Å². The van der Waals surface area contributed by atoms with Crippen LogP contribution in [-0.4, -0.2) is 35.0 Å². The highest BCUT2D eigenvalue weighted by Crippen LogP contribution is 2.44. The van der Waals surface area contributed by atoms with E-state index in [0.29, 0.717) is 21.9 Å². The van der Waals surface area contributed by atoms with Gasteiger partial charge in [0.1, 0.15) is 11.8 Å². The molecule has 4 rings (SSSR count). The van der Waals surface area contributed by atoms with Crippen LogP contribution in [0.15, 0.2) is 72.8 Å². The van der Waals surface area contributed by atoms with Gasteiger partial charge in [-0.1, -0.05) is 60.1 Å². The van der Waals surface area contributed by atoms with Crippen LogP contribution in [0, 0.1) is 17.2 Å². The first kappa shape index (κ1) is 22.4. The summed E-state index contributed by atoms with van der Waals surface area (Å²) in [6.07, 6.45) is 0.0345. The van der Waals surface area contributed by atoms with Gasteiger partial charge in [0.2, 0.25) is 0 Å². The second-order valence-electron chi connectivity index (χ2n) is 7.78. The van der Waals surface area contributed by atoms with Gasteiger partial charge < -0.3 is 14.7 Å². The lowest BCUT2D eigenvalue weighted by Crippen LogP contribution is -2.42. The zero-order valence-electron chi connectivity index (χ0n) is 17.8. The van der Waals surface area contributed by atoms with Gasteiger partial charge in [-0.2, -0.15) is 5.26 Å². The van der Waals surface area contributed by atoms with Gasteiger partial charge in [0.25, 0.3) is 5.91 Å². The average Bonchev–Trinajstić information content (AvgIpc) is 3.24. The molecule has 1 unspecified atom stereocenters. The summed E-state index contributed by atoms with van der Waals surface area (Å²) >= 11 is 6.38. The van der Waals surface area contributed by atoms with E-state index in [1.807, 2.05) is 24.3 Å². The Morgan fingerprint density at radius 1 is 1.06 bits per heavy atom. The molecular weight excluding hydrogens is 440 g/mol. The van der Waals surface area contributed by atoms with Crippen molar-refractivity contribution in [3.8, 4) is 22.9 Å². The van der Waals surface area contributed by atoms with E-state index in [0.717, 1.165) is 11.1 Å². The first-order valence-corrected chi connectivity index (χ1v) is 10.8. The topological polar surface area (TPSA) is 90.6 Å². The Balaban J connectivity index is 1.73. The minimum atomic E-state index is -1.15. The maximum Gasteiger partial charge on any atom is 0.326 e. The highest BCUT2D eigenvalue weighted by Gasteiger charge is 2.48. The lowest BCUT2D eigenvalue weighted by molar-refractivity contribution is -0.141. The van der Waals surface area contributed by atoms with Crippen molar-refractivity contribution in [1.82, 2.24) is 4.90 Å². The second kappa shape index (κ2) is 9.35. The van der Waals surface area contributed by atoms with E-state index in [2.05, 4.69) is 6.07 Å². The van der Waals surface area contributed by atoms with Crippen molar-refractivity contribution in [2.75, 3.05) is 7.11 Å². The number of halogens is 1. The minimum Gasteiger partial charge on any atom is -0.496 e. The number of hydrogen-bond acceptors (Lipinski definition) is 4. The highest BCUT2D eigenvalue weighted by atomic mass is 35.5. The van der Waals surface area contributed by atoms with Gasteiger partial charge in [0, 0.05) is 16.1 Å². The van der Waals surface area contributed by atoms with E-state index in [-0.39, 0.29) is 6.42 Å².